The first-order chi connectivity index (χ1) is 7.63. The largest absolute Gasteiger partial charge is 0.481 e. The molecule has 0 saturated carbocycles. The molecule has 1 aromatic rings. The number of aromatic nitrogens is 2. The van der Waals surface area contributed by atoms with E-state index in [1.165, 1.54) is 0 Å². The van der Waals surface area contributed by atoms with E-state index in [-0.39, 0.29) is 0 Å². The molecule has 4 nitrogen and oxygen atoms in total. The molecule has 16 heavy (non-hydrogen) atoms. The first-order valence-electron chi connectivity index (χ1n) is 5.48. The number of hydrogen-bond donors (Lipinski definition) is 2. The second-order valence-electron chi connectivity index (χ2n) is 4.02. The molecule has 0 spiro atoms. The van der Waals surface area contributed by atoms with E-state index in [2.05, 4.69) is 9.97 Å². The molecular formula is C11H14N2O2S. The van der Waals surface area contributed by atoms with E-state index in [0.717, 1.165) is 36.2 Å². The summed E-state index contributed by atoms with van der Waals surface area (Å²) in [5.74, 6) is -1.18. The average Bonchev–Trinajstić information content (AvgIpc) is 2.26. The zero-order valence-electron chi connectivity index (χ0n) is 9.12. The smallest absolute Gasteiger partial charge is 0.311 e. The van der Waals surface area contributed by atoms with E-state index in [0.29, 0.717) is 11.2 Å². The van der Waals surface area contributed by atoms with E-state index < -0.39 is 11.9 Å². The molecule has 2 N–H and O–H groups in total. The number of carboxylic acids is 1. The molecule has 1 aromatic heterocycles. The number of aliphatic carboxylic acids is 1. The van der Waals surface area contributed by atoms with Crippen LogP contribution in [0.25, 0.3) is 0 Å². The first-order valence-corrected chi connectivity index (χ1v) is 5.89. The van der Waals surface area contributed by atoms with Gasteiger partial charge in [0.15, 0.2) is 4.77 Å². The lowest BCUT2D eigenvalue weighted by Crippen LogP contribution is -2.22. The number of aryl methyl sites for hydroxylation is 2. The van der Waals surface area contributed by atoms with E-state index >= 15 is 0 Å². The zero-order valence-corrected chi connectivity index (χ0v) is 9.93. The van der Waals surface area contributed by atoms with E-state index in [4.69, 9.17) is 12.2 Å². The second-order valence-corrected chi connectivity index (χ2v) is 4.40. The molecule has 0 bridgehead atoms. The molecule has 0 fully saturated rings. The SMILES string of the molecule is CCc1nc(=S)[nH]c2c1C(C(=O)O)CCC2. The predicted octanol–water partition coefficient (Wildman–Crippen LogP) is 2.21. The Morgan fingerprint density at radius 3 is 3.06 bits per heavy atom. The number of nitrogens with one attached hydrogen (secondary N) is 1. The maximum atomic E-state index is 11.2. The molecule has 1 aliphatic rings. The van der Waals surface area contributed by atoms with Crippen molar-refractivity contribution in [3.63, 3.8) is 0 Å². The van der Waals surface area contributed by atoms with Gasteiger partial charge in [-0.2, -0.15) is 0 Å². The Balaban J connectivity index is 2.61. The maximum absolute atomic E-state index is 11.2. The van der Waals surface area contributed by atoms with Crippen LogP contribution in [0.15, 0.2) is 0 Å². The van der Waals surface area contributed by atoms with Crippen LogP contribution < -0.4 is 0 Å². The van der Waals surface area contributed by atoms with Gasteiger partial charge in [-0.15, -0.1) is 0 Å². The Labute approximate surface area is 98.7 Å². The summed E-state index contributed by atoms with van der Waals surface area (Å²) in [6, 6.07) is 0. The third kappa shape index (κ3) is 1.87. The van der Waals surface area contributed by atoms with Crippen molar-refractivity contribution in [1.29, 1.82) is 0 Å². The molecule has 86 valence electrons. The number of rotatable bonds is 2. The average molecular weight is 238 g/mol. The third-order valence-corrected chi connectivity index (χ3v) is 3.22. The minimum Gasteiger partial charge on any atom is -0.481 e. The Morgan fingerprint density at radius 2 is 2.44 bits per heavy atom. The summed E-state index contributed by atoms with van der Waals surface area (Å²) in [5.41, 5.74) is 2.68. The van der Waals surface area contributed by atoms with Crippen molar-refractivity contribution >= 4 is 18.2 Å². The highest BCUT2D eigenvalue weighted by Crippen LogP contribution is 2.32. The molecular weight excluding hydrogens is 224 g/mol. The quantitative estimate of drug-likeness (QED) is 0.775. The van der Waals surface area contributed by atoms with Crippen molar-refractivity contribution in [3.8, 4) is 0 Å². The Morgan fingerprint density at radius 1 is 1.69 bits per heavy atom. The normalized spacial score (nSPS) is 19.2. The van der Waals surface area contributed by atoms with Crippen molar-refractivity contribution in [2.75, 3.05) is 0 Å². The summed E-state index contributed by atoms with van der Waals surface area (Å²) < 4.78 is 0.460. The lowest BCUT2D eigenvalue weighted by atomic mass is 9.84. The third-order valence-electron chi connectivity index (χ3n) is 3.03. The number of carbonyl (C=O) groups is 1. The fourth-order valence-electron chi connectivity index (χ4n) is 2.33. The van der Waals surface area contributed by atoms with Crippen molar-refractivity contribution < 1.29 is 9.90 Å². The first kappa shape index (κ1) is 11.3. The van der Waals surface area contributed by atoms with Gasteiger partial charge in [0.1, 0.15) is 0 Å². The van der Waals surface area contributed by atoms with Gasteiger partial charge in [0.05, 0.1) is 5.92 Å². The van der Waals surface area contributed by atoms with Crippen LogP contribution in [0.2, 0.25) is 0 Å². The van der Waals surface area contributed by atoms with Crippen molar-refractivity contribution in [2.45, 2.75) is 38.5 Å². The van der Waals surface area contributed by atoms with Gasteiger partial charge in [0.25, 0.3) is 0 Å². The summed E-state index contributed by atoms with van der Waals surface area (Å²) in [4.78, 5) is 18.5. The van der Waals surface area contributed by atoms with E-state index in [9.17, 15) is 9.90 Å². The summed E-state index contributed by atoms with van der Waals surface area (Å²) in [6.45, 7) is 1.98. The minimum atomic E-state index is -0.761. The second kappa shape index (κ2) is 4.33. The number of nitrogens with zero attached hydrogens (tertiary/aromatic N) is 1. The predicted molar refractivity (Wildman–Crippen MR) is 62.1 cm³/mol. The summed E-state index contributed by atoms with van der Waals surface area (Å²) >= 11 is 5.04. The molecule has 2 rings (SSSR count). The van der Waals surface area contributed by atoms with Crippen LogP contribution in [-0.4, -0.2) is 21.0 Å². The van der Waals surface area contributed by atoms with Crippen LogP contribution in [0.1, 0.15) is 42.6 Å². The van der Waals surface area contributed by atoms with Crippen LogP contribution in [0.4, 0.5) is 0 Å². The number of carboxylic acid groups (broad SMARTS) is 1. The van der Waals surface area contributed by atoms with Crippen LogP contribution in [0.3, 0.4) is 0 Å². The van der Waals surface area contributed by atoms with Gasteiger partial charge in [-0.1, -0.05) is 6.92 Å². The van der Waals surface area contributed by atoms with Gasteiger partial charge < -0.3 is 10.1 Å². The van der Waals surface area contributed by atoms with Gasteiger partial charge >= 0.3 is 5.97 Å². The van der Waals surface area contributed by atoms with Gasteiger partial charge in [0, 0.05) is 17.0 Å². The lowest BCUT2D eigenvalue weighted by Gasteiger charge is -2.23. The molecule has 0 aromatic carbocycles. The van der Waals surface area contributed by atoms with Crippen LogP contribution in [-0.2, 0) is 17.6 Å². The zero-order chi connectivity index (χ0) is 11.7. The number of fused-ring (bicyclic) bond motifs is 1. The molecule has 0 radical (unpaired) electrons. The molecule has 0 amide bonds. The summed E-state index contributed by atoms with van der Waals surface area (Å²) in [5, 5.41) is 9.21. The Hall–Kier alpha value is -1.23. The molecule has 1 aliphatic carbocycles. The van der Waals surface area contributed by atoms with E-state index in [1.54, 1.807) is 0 Å². The van der Waals surface area contributed by atoms with E-state index in [1.807, 2.05) is 6.92 Å². The minimum absolute atomic E-state index is 0.418. The Kier molecular flexibility index (Phi) is 3.05. The van der Waals surface area contributed by atoms with Crippen LogP contribution in [0.5, 0.6) is 0 Å². The molecule has 1 atom stereocenters. The molecule has 5 heteroatoms. The molecule has 1 heterocycles. The van der Waals surface area contributed by atoms with Crippen molar-refractivity contribution in [2.24, 2.45) is 0 Å². The highest BCUT2D eigenvalue weighted by atomic mass is 32.1. The lowest BCUT2D eigenvalue weighted by molar-refractivity contribution is -0.139. The summed E-state index contributed by atoms with van der Waals surface area (Å²) in [6.07, 6.45) is 3.19. The van der Waals surface area contributed by atoms with Crippen LogP contribution >= 0.6 is 12.2 Å². The van der Waals surface area contributed by atoms with Gasteiger partial charge in [0.2, 0.25) is 0 Å². The Bertz CT molecular complexity index is 461. The van der Waals surface area contributed by atoms with Gasteiger partial charge in [-0.05, 0) is 37.9 Å². The highest BCUT2D eigenvalue weighted by Gasteiger charge is 2.29. The molecule has 1 unspecified atom stereocenters. The molecule has 0 aliphatic heterocycles. The van der Waals surface area contributed by atoms with Gasteiger partial charge in [-0.25, -0.2) is 4.98 Å². The van der Waals surface area contributed by atoms with Gasteiger partial charge in [-0.3, -0.25) is 4.79 Å². The number of aromatic amines is 1. The highest BCUT2D eigenvalue weighted by molar-refractivity contribution is 7.71. The number of hydrogen-bond acceptors (Lipinski definition) is 3. The van der Waals surface area contributed by atoms with Crippen LogP contribution in [0, 0.1) is 4.77 Å². The standard InChI is InChI=1S/C11H14N2O2S/c1-2-7-9-6(10(14)15)4-3-5-8(9)13-11(16)12-7/h6H,2-5H2,1H3,(H,14,15)(H,12,13,16). The topological polar surface area (TPSA) is 66.0 Å². The monoisotopic (exact) mass is 238 g/mol. The fraction of sp³-hybridized carbons (Fsp3) is 0.545. The van der Waals surface area contributed by atoms with Crippen molar-refractivity contribution in [3.05, 3.63) is 21.7 Å². The summed E-state index contributed by atoms with van der Waals surface area (Å²) in [7, 11) is 0. The van der Waals surface area contributed by atoms with Crippen molar-refractivity contribution in [1.82, 2.24) is 9.97 Å². The number of H-pyrrole nitrogens is 1. The fourth-order valence-corrected chi connectivity index (χ4v) is 2.57. The molecule has 0 saturated heterocycles. The maximum Gasteiger partial charge on any atom is 0.311 e.